The van der Waals surface area contributed by atoms with Crippen LogP contribution >= 0.6 is 0 Å². The first-order valence-electron chi connectivity index (χ1n) is 7.86. The monoisotopic (exact) mass is 329 g/mol. The van der Waals surface area contributed by atoms with Gasteiger partial charge in [0, 0.05) is 19.7 Å². The van der Waals surface area contributed by atoms with Crippen molar-refractivity contribution >= 4 is 17.3 Å². The SMILES string of the molecule is O=[N+]([O-])c1c(NCc2ccccc2)ncnc1NCC1CCCO1. The lowest BCUT2D eigenvalue weighted by molar-refractivity contribution is -0.383. The highest BCUT2D eigenvalue weighted by molar-refractivity contribution is 5.69. The molecule has 0 bridgehead atoms. The molecule has 0 saturated carbocycles. The first kappa shape index (κ1) is 16.1. The molecule has 1 unspecified atom stereocenters. The fourth-order valence-corrected chi connectivity index (χ4v) is 2.61. The van der Waals surface area contributed by atoms with Crippen LogP contribution in [0.1, 0.15) is 18.4 Å². The Balaban J connectivity index is 1.73. The molecule has 2 aromatic rings. The molecule has 8 nitrogen and oxygen atoms in total. The average Bonchev–Trinajstić information content (AvgIpc) is 3.12. The Morgan fingerprint density at radius 3 is 2.62 bits per heavy atom. The minimum Gasteiger partial charge on any atom is -0.376 e. The molecule has 126 valence electrons. The summed E-state index contributed by atoms with van der Waals surface area (Å²) in [6, 6.07) is 9.64. The van der Waals surface area contributed by atoms with Gasteiger partial charge in [-0.25, -0.2) is 9.97 Å². The average molecular weight is 329 g/mol. The molecule has 1 aromatic heterocycles. The summed E-state index contributed by atoms with van der Waals surface area (Å²) in [6.07, 6.45) is 3.35. The zero-order chi connectivity index (χ0) is 16.8. The largest absolute Gasteiger partial charge is 0.376 e. The summed E-state index contributed by atoms with van der Waals surface area (Å²) in [5, 5.41) is 17.5. The lowest BCUT2D eigenvalue weighted by Gasteiger charge is -2.13. The number of benzene rings is 1. The van der Waals surface area contributed by atoms with E-state index in [2.05, 4.69) is 20.6 Å². The predicted octanol–water partition coefficient (Wildman–Crippen LogP) is 2.59. The zero-order valence-corrected chi connectivity index (χ0v) is 13.1. The summed E-state index contributed by atoms with van der Waals surface area (Å²) in [7, 11) is 0. The summed E-state index contributed by atoms with van der Waals surface area (Å²) in [5.41, 5.74) is 0.866. The van der Waals surface area contributed by atoms with Crippen LogP contribution in [0.3, 0.4) is 0 Å². The van der Waals surface area contributed by atoms with E-state index in [1.807, 2.05) is 30.3 Å². The van der Waals surface area contributed by atoms with Gasteiger partial charge in [-0.1, -0.05) is 30.3 Å². The summed E-state index contributed by atoms with van der Waals surface area (Å²) in [5.74, 6) is 0.412. The molecule has 3 rings (SSSR count). The van der Waals surface area contributed by atoms with Crippen molar-refractivity contribution in [1.29, 1.82) is 0 Å². The fourth-order valence-electron chi connectivity index (χ4n) is 2.61. The van der Waals surface area contributed by atoms with Crippen molar-refractivity contribution in [2.75, 3.05) is 23.8 Å². The van der Waals surface area contributed by atoms with E-state index in [1.165, 1.54) is 6.33 Å². The van der Waals surface area contributed by atoms with E-state index in [4.69, 9.17) is 4.74 Å². The molecule has 1 aromatic carbocycles. The molecule has 0 radical (unpaired) electrons. The third-order valence-electron chi connectivity index (χ3n) is 3.83. The second-order valence-electron chi connectivity index (χ2n) is 5.53. The number of ether oxygens (including phenoxy) is 1. The van der Waals surface area contributed by atoms with Crippen molar-refractivity contribution in [3.05, 3.63) is 52.3 Å². The molecule has 0 spiro atoms. The van der Waals surface area contributed by atoms with Crippen LogP contribution in [0.15, 0.2) is 36.7 Å². The quantitative estimate of drug-likeness (QED) is 0.594. The van der Waals surface area contributed by atoms with Crippen LogP contribution in [-0.4, -0.2) is 34.1 Å². The van der Waals surface area contributed by atoms with Crippen LogP contribution in [0, 0.1) is 10.1 Å². The normalized spacial score (nSPS) is 16.8. The van der Waals surface area contributed by atoms with E-state index in [9.17, 15) is 10.1 Å². The molecule has 8 heteroatoms. The second kappa shape index (κ2) is 7.69. The third kappa shape index (κ3) is 3.96. The minimum absolute atomic E-state index is 0.0697. The van der Waals surface area contributed by atoms with Gasteiger partial charge in [0.2, 0.25) is 11.6 Å². The maximum atomic E-state index is 11.5. The van der Waals surface area contributed by atoms with Gasteiger partial charge in [0.05, 0.1) is 11.0 Å². The van der Waals surface area contributed by atoms with Crippen LogP contribution in [0.2, 0.25) is 0 Å². The molecule has 1 saturated heterocycles. The van der Waals surface area contributed by atoms with Gasteiger partial charge in [-0.15, -0.1) is 0 Å². The van der Waals surface area contributed by atoms with Gasteiger partial charge in [0.15, 0.2) is 0 Å². The van der Waals surface area contributed by atoms with Gasteiger partial charge >= 0.3 is 5.69 Å². The minimum atomic E-state index is -0.467. The molecule has 24 heavy (non-hydrogen) atoms. The Bertz CT molecular complexity index is 689. The maximum Gasteiger partial charge on any atom is 0.353 e. The van der Waals surface area contributed by atoms with E-state index in [1.54, 1.807) is 0 Å². The molecular weight excluding hydrogens is 310 g/mol. The van der Waals surface area contributed by atoms with Gasteiger partial charge in [0.25, 0.3) is 0 Å². The summed E-state index contributed by atoms with van der Waals surface area (Å²) >= 11 is 0. The first-order valence-corrected chi connectivity index (χ1v) is 7.86. The first-order chi connectivity index (χ1) is 11.7. The fraction of sp³-hybridized carbons (Fsp3) is 0.375. The molecule has 1 aliphatic rings. The Hall–Kier alpha value is -2.74. The van der Waals surface area contributed by atoms with Gasteiger partial charge in [-0.05, 0) is 18.4 Å². The van der Waals surface area contributed by atoms with Crippen molar-refractivity contribution in [2.45, 2.75) is 25.5 Å². The van der Waals surface area contributed by atoms with Crippen molar-refractivity contribution in [3.8, 4) is 0 Å². The summed E-state index contributed by atoms with van der Waals surface area (Å²) in [4.78, 5) is 19.0. The van der Waals surface area contributed by atoms with E-state index >= 15 is 0 Å². The highest BCUT2D eigenvalue weighted by Crippen LogP contribution is 2.29. The maximum absolute atomic E-state index is 11.5. The summed E-state index contributed by atoms with van der Waals surface area (Å²) < 4.78 is 5.52. The second-order valence-corrected chi connectivity index (χ2v) is 5.53. The standard InChI is InChI=1S/C16H19N5O3/c22-21(23)14-15(17-9-12-5-2-1-3-6-12)19-11-20-16(14)18-10-13-7-4-8-24-13/h1-3,5-6,11,13H,4,7-10H2,(H2,17,18,19,20). The number of nitro groups is 1. The van der Waals surface area contributed by atoms with E-state index < -0.39 is 4.92 Å². The third-order valence-corrected chi connectivity index (χ3v) is 3.83. The Kier molecular flexibility index (Phi) is 5.17. The molecule has 1 fully saturated rings. The van der Waals surface area contributed by atoms with Crippen LogP contribution in [0.5, 0.6) is 0 Å². The lowest BCUT2D eigenvalue weighted by Crippen LogP contribution is -2.20. The molecule has 0 amide bonds. The molecule has 2 N–H and O–H groups in total. The number of hydrogen-bond donors (Lipinski definition) is 2. The number of nitrogens with one attached hydrogen (secondary N) is 2. The van der Waals surface area contributed by atoms with Gasteiger partial charge in [0.1, 0.15) is 6.33 Å². The van der Waals surface area contributed by atoms with Crippen LogP contribution in [0.4, 0.5) is 17.3 Å². The highest BCUT2D eigenvalue weighted by Gasteiger charge is 2.24. The zero-order valence-electron chi connectivity index (χ0n) is 13.1. The number of hydrogen-bond acceptors (Lipinski definition) is 7. The van der Waals surface area contributed by atoms with E-state index in [-0.39, 0.29) is 23.4 Å². The Labute approximate surface area is 139 Å². The molecule has 1 aliphatic heterocycles. The van der Waals surface area contributed by atoms with Crippen molar-refractivity contribution in [1.82, 2.24) is 9.97 Å². The Morgan fingerprint density at radius 2 is 1.96 bits per heavy atom. The van der Waals surface area contributed by atoms with Crippen molar-refractivity contribution < 1.29 is 9.66 Å². The van der Waals surface area contributed by atoms with Crippen LogP contribution in [-0.2, 0) is 11.3 Å². The van der Waals surface area contributed by atoms with Gasteiger partial charge in [-0.3, -0.25) is 10.1 Å². The summed E-state index contributed by atoms with van der Waals surface area (Å²) in [6.45, 7) is 1.68. The van der Waals surface area contributed by atoms with E-state index in [0.717, 1.165) is 25.0 Å². The van der Waals surface area contributed by atoms with Crippen LogP contribution in [0.25, 0.3) is 0 Å². The van der Waals surface area contributed by atoms with Crippen LogP contribution < -0.4 is 10.6 Å². The highest BCUT2D eigenvalue weighted by atomic mass is 16.6. The number of nitrogens with zero attached hydrogens (tertiary/aromatic N) is 3. The van der Waals surface area contributed by atoms with E-state index in [0.29, 0.717) is 13.1 Å². The predicted molar refractivity (Wildman–Crippen MR) is 89.9 cm³/mol. The molecule has 1 atom stereocenters. The molecule has 0 aliphatic carbocycles. The topological polar surface area (TPSA) is 102 Å². The smallest absolute Gasteiger partial charge is 0.353 e. The van der Waals surface area contributed by atoms with Crippen molar-refractivity contribution in [2.24, 2.45) is 0 Å². The lowest BCUT2D eigenvalue weighted by atomic mass is 10.2. The van der Waals surface area contributed by atoms with Gasteiger partial charge in [-0.2, -0.15) is 0 Å². The van der Waals surface area contributed by atoms with Gasteiger partial charge < -0.3 is 15.4 Å². The number of rotatable bonds is 7. The molecule has 2 heterocycles. The number of aromatic nitrogens is 2. The van der Waals surface area contributed by atoms with Crippen molar-refractivity contribution in [3.63, 3.8) is 0 Å². The number of anilines is 2. The Morgan fingerprint density at radius 1 is 1.21 bits per heavy atom. The molecular formula is C16H19N5O3.